The van der Waals surface area contributed by atoms with Gasteiger partial charge in [-0.05, 0) is 48.5 Å². The van der Waals surface area contributed by atoms with E-state index in [0.29, 0.717) is 27.0 Å². The fraction of sp³-hybridized carbons (Fsp3) is 0.150. The van der Waals surface area contributed by atoms with Crippen LogP contribution in [0, 0.1) is 0 Å². The number of imide groups is 1. The summed E-state index contributed by atoms with van der Waals surface area (Å²) in [4.78, 5) is 36.5. The molecule has 0 bridgehead atoms. The standard InChI is InChI=1S/C20H18BrCl2N3O4/c1-30-17-7-4-15(23)9-12(17)8-13(11-24-18(27)10-21)19(28)26-20(29)25-16-5-2-14(22)3-6-16/h2-9H,10-11H2,1H3,(H,24,27)(H2,25,26,28,29). The molecule has 0 aliphatic rings. The average Bonchev–Trinajstić information content (AvgIpc) is 2.72. The monoisotopic (exact) mass is 513 g/mol. The van der Waals surface area contributed by atoms with Crippen molar-refractivity contribution in [2.75, 3.05) is 24.3 Å². The molecule has 30 heavy (non-hydrogen) atoms. The molecule has 0 unspecified atom stereocenters. The van der Waals surface area contributed by atoms with E-state index in [9.17, 15) is 14.4 Å². The van der Waals surface area contributed by atoms with Gasteiger partial charge in [0.1, 0.15) is 5.75 Å². The predicted molar refractivity (Wildman–Crippen MR) is 121 cm³/mol. The van der Waals surface area contributed by atoms with Gasteiger partial charge in [-0.15, -0.1) is 0 Å². The second-order valence-electron chi connectivity index (χ2n) is 5.88. The lowest BCUT2D eigenvalue weighted by Crippen LogP contribution is -2.38. The van der Waals surface area contributed by atoms with Crippen LogP contribution in [0.15, 0.2) is 48.0 Å². The van der Waals surface area contributed by atoms with Crippen molar-refractivity contribution < 1.29 is 19.1 Å². The highest BCUT2D eigenvalue weighted by molar-refractivity contribution is 9.09. The van der Waals surface area contributed by atoms with E-state index in [2.05, 4.69) is 31.9 Å². The zero-order chi connectivity index (χ0) is 22.1. The molecule has 2 rings (SSSR count). The summed E-state index contributed by atoms with van der Waals surface area (Å²) in [5.74, 6) is -0.544. The number of nitrogens with one attached hydrogen (secondary N) is 3. The Morgan fingerprint density at radius 3 is 2.37 bits per heavy atom. The molecule has 0 atom stereocenters. The third-order valence-electron chi connectivity index (χ3n) is 3.74. The third kappa shape index (κ3) is 7.37. The molecule has 3 N–H and O–H groups in total. The number of halogens is 3. The van der Waals surface area contributed by atoms with Crippen molar-refractivity contribution in [1.29, 1.82) is 0 Å². The number of ether oxygens (including phenoxy) is 1. The molecule has 7 nitrogen and oxygen atoms in total. The van der Waals surface area contributed by atoms with Crippen LogP contribution in [0.1, 0.15) is 5.56 Å². The van der Waals surface area contributed by atoms with Crippen molar-refractivity contribution in [3.8, 4) is 5.75 Å². The van der Waals surface area contributed by atoms with Gasteiger partial charge in [0.25, 0.3) is 5.91 Å². The molecule has 10 heteroatoms. The van der Waals surface area contributed by atoms with Crippen LogP contribution >= 0.6 is 39.1 Å². The third-order valence-corrected chi connectivity index (χ3v) is 4.74. The number of carbonyl (C=O) groups is 3. The lowest BCUT2D eigenvalue weighted by molar-refractivity contribution is -0.118. The number of hydrogen-bond acceptors (Lipinski definition) is 4. The highest BCUT2D eigenvalue weighted by atomic mass is 79.9. The van der Waals surface area contributed by atoms with E-state index in [1.54, 1.807) is 42.5 Å². The van der Waals surface area contributed by atoms with E-state index in [-0.39, 0.29) is 23.4 Å². The molecule has 0 spiro atoms. The van der Waals surface area contributed by atoms with Crippen molar-refractivity contribution in [3.63, 3.8) is 0 Å². The van der Waals surface area contributed by atoms with Gasteiger partial charge < -0.3 is 15.4 Å². The number of benzene rings is 2. The van der Waals surface area contributed by atoms with E-state index in [0.717, 1.165) is 0 Å². The number of amides is 4. The highest BCUT2D eigenvalue weighted by Gasteiger charge is 2.16. The first-order valence-electron chi connectivity index (χ1n) is 8.57. The minimum absolute atomic E-state index is 0.0689. The van der Waals surface area contributed by atoms with Crippen molar-refractivity contribution in [1.82, 2.24) is 10.6 Å². The van der Waals surface area contributed by atoms with Crippen LogP contribution in [0.4, 0.5) is 10.5 Å². The molecule has 0 aliphatic heterocycles. The minimum Gasteiger partial charge on any atom is -0.496 e. The van der Waals surface area contributed by atoms with Crippen molar-refractivity contribution in [3.05, 3.63) is 63.6 Å². The van der Waals surface area contributed by atoms with Crippen LogP contribution in [0.5, 0.6) is 5.75 Å². The maximum atomic E-state index is 12.7. The molecular weight excluding hydrogens is 497 g/mol. The molecule has 0 aliphatic carbocycles. The highest BCUT2D eigenvalue weighted by Crippen LogP contribution is 2.25. The molecule has 158 valence electrons. The maximum Gasteiger partial charge on any atom is 0.326 e. The lowest BCUT2D eigenvalue weighted by atomic mass is 10.1. The zero-order valence-electron chi connectivity index (χ0n) is 15.8. The van der Waals surface area contributed by atoms with E-state index < -0.39 is 11.9 Å². The van der Waals surface area contributed by atoms with Crippen LogP contribution in [0.2, 0.25) is 10.0 Å². The maximum absolute atomic E-state index is 12.7. The van der Waals surface area contributed by atoms with Crippen molar-refractivity contribution in [2.45, 2.75) is 0 Å². The van der Waals surface area contributed by atoms with E-state index in [1.165, 1.54) is 13.2 Å². The number of anilines is 1. The summed E-state index contributed by atoms with van der Waals surface area (Å²) in [6, 6.07) is 10.5. The van der Waals surface area contributed by atoms with E-state index in [1.807, 2.05) is 0 Å². The first kappa shape index (κ1) is 23.7. The Hall–Kier alpha value is -2.55. The summed E-state index contributed by atoms with van der Waals surface area (Å²) in [7, 11) is 1.48. The first-order valence-corrected chi connectivity index (χ1v) is 10.4. The first-order chi connectivity index (χ1) is 14.3. The molecule has 2 aromatic carbocycles. The smallest absolute Gasteiger partial charge is 0.326 e. The molecule has 0 radical (unpaired) electrons. The zero-order valence-corrected chi connectivity index (χ0v) is 18.9. The molecule has 0 fully saturated rings. The van der Waals surface area contributed by atoms with Gasteiger partial charge in [0.05, 0.1) is 12.4 Å². The van der Waals surface area contributed by atoms with E-state index >= 15 is 0 Å². The van der Waals surface area contributed by atoms with E-state index in [4.69, 9.17) is 27.9 Å². The molecule has 0 heterocycles. The molecule has 4 amide bonds. The van der Waals surface area contributed by atoms with Crippen LogP contribution in [0.25, 0.3) is 6.08 Å². The Morgan fingerprint density at radius 1 is 1.07 bits per heavy atom. The quantitative estimate of drug-likeness (QED) is 0.380. The van der Waals surface area contributed by atoms with Crippen LogP contribution < -0.4 is 20.7 Å². The summed E-state index contributed by atoms with van der Waals surface area (Å²) < 4.78 is 5.28. The Labute approximate surface area is 191 Å². The Kier molecular flexibility index (Phi) is 9.16. The number of urea groups is 1. The van der Waals surface area contributed by atoms with Gasteiger partial charge in [0.2, 0.25) is 5.91 Å². The predicted octanol–water partition coefficient (Wildman–Crippen LogP) is 4.24. The number of rotatable bonds is 7. The summed E-state index contributed by atoms with van der Waals surface area (Å²) in [5.41, 5.74) is 1.09. The van der Waals surface area contributed by atoms with Gasteiger partial charge in [0, 0.05) is 33.4 Å². The lowest BCUT2D eigenvalue weighted by Gasteiger charge is -2.12. The summed E-state index contributed by atoms with van der Waals surface area (Å²) >= 11 is 14.9. The minimum atomic E-state index is -0.738. The molecule has 0 saturated heterocycles. The average molecular weight is 515 g/mol. The Balaban J connectivity index is 2.21. The number of hydrogen-bond donors (Lipinski definition) is 3. The van der Waals surface area contributed by atoms with Gasteiger partial charge in [0.15, 0.2) is 0 Å². The largest absolute Gasteiger partial charge is 0.496 e. The topological polar surface area (TPSA) is 96.5 Å². The fourth-order valence-corrected chi connectivity index (χ4v) is 2.83. The number of carbonyl (C=O) groups excluding carboxylic acids is 3. The van der Waals surface area contributed by atoms with Gasteiger partial charge >= 0.3 is 6.03 Å². The number of methoxy groups -OCH3 is 1. The fourth-order valence-electron chi connectivity index (χ4n) is 2.32. The van der Waals surface area contributed by atoms with Crippen LogP contribution in [0.3, 0.4) is 0 Å². The molecule has 2 aromatic rings. The molecular formula is C20H18BrCl2N3O4. The normalized spacial score (nSPS) is 10.9. The number of alkyl halides is 1. The van der Waals surface area contributed by atoms with Gasteiger partial charge in [-0.2, -0.15) is 0 Å². The molecule has 0 aromatic heterocycles. The summed E-state index contributed by atoms with van der Waals surface area (Å²) in [6.07, 6.45) is 1.49. The Bertz CT molecular complexity index is 965. The second-order valence-corrected chi connectivity index (χ2v) is 7.31. The van der Waals surface area contributed by atoms with Crippen molar-refractivity contribution >= 4 is 68.7 Å². The van der Waals surface area contributed by atoms with Gasteiger partial charge in [-0.25, -0.2) is 4.79 Å². The Morgan fingerprint density at radius 2 is 1.73 bits per heavy atom. The van der Waals surface area contributed by atoms with Gasteiger partial charge in [-0.3, -0.25) is 14.9 Å². The summed E-state index contributed by atoms with van der Waals surface area (Å²) in [5, 5.41) is 8.36. The summed E-state index contributed by atoms with van der Waals surface area (Å²) in [6.45, 7) is -0.111. The SMILES string of the molecule is COc1ccc(Cl)cc1C=C(CNC(=O)CBr)C(=O)NC(=O)Nc1ccc(Cl)cc1. The van der Waals surface area contributed by atoms with Crippen LogP contribution in [-0.2, 0) is 9.59 Å². The van der Waals surface area contributed by atoms with Crippen molar-refractivity contribution in [2.24, 2.45) is 0 Å². The van der Waals surface area contributed by atoms with Crippen LogP contribution in [-0.4, -0.2) is 36.8 Å². The van der Waals surface area contributed by atoms with Gasteiger partial charge in [-0.1, -0.05) is 39.1 Å². The molecule has 0 saturated carbocycles. The second kappa shape index (κ2) is 11.6.